The van der Waals surface area contributed by atoms with Crippen molar-refractivity contribution >= 4 is 16.8 Å². The number of rotatable bonds is 3. The molecule has 0 aliphatic carbocycles. The Morgan fingerprint density at radius 3 is 2.77 bits per heavy atom. The summed E-state index contributed by atoms with van der Waals surface area (Å²) in [6.07, 6.45) is 1.60. The van der Waals surface area contributed by atoms with E-state index >= 15 is 0 Å². The summed E-state index contributed by atoms with van der Waals surface area (Å²) in [5, 5.41) is 3.79. The second-order valence-corrected chi connectivity index (χ2v) is 5.55. The molecule has 0 atom stereocenters. The van der Waals surface area contributed by atoms with Gasteiger partial charge in [0, 0.05) is 11.1 Å². The number of nitrogens with one attached hydrogen (secondary N) is 1. The zero-order valence-electron chi connectivity index (χ0n) is 12.9. The molecular formula is C18H18N2O2. The molecule has 0 saturated carbocycles. The van der Waals surface area contributed by atoms with Crippen molar-refractivity contribution in [2.45, 2.75) is 27.3 Å². The van der Waals surface area contributed by atoms with E-state index < -0.39 is 0 Å². The number of carbonyl (C=O) groups excluding carboxylic acids is 1. The van der Waals surface area contributed by atoms with Crippen LogP contribution in [0.1, 0.15) is 32.9 Å². The molecule has 2 aromatic heterocycles. The van der Waals surface area contributed by atoms with Crippen LogP contribution in [-0.4, -0.2) is 10.9 Å². The first-order chi connectivity index (χ1) is 10.5. The molecule has 3 aromatic rings. The number of furan rings is 1. The van der Waals surface area contributed by atoms with Gasteiger partial charge in [0.15, 0.2) is 0 Å². The van der Waals surface area contributed by atoms with E-state index in [1.54, 1.807) is 12.3 Å². The fourth-order valence-electron chi connectivity index (χ4n) is 2.67. The van der Waals surface area contributed by atoms with E-state index in [0.717, 1.165) is 33.5 Å². The molecule has 112 valence electrons. The number of benzene rings is 1. The van der Waals surface area contributed by atoms with Crippen LogP contribution in [0.2, 0.25) is 0 Å². The van der Waals surface area contributed by atoms with Gasteiger partial charge in [-0.05, 0) is 50.6 Å². The fraction of sp³-hybridized carbons (Fsp3) is 0.222. The van der Waals surface area contributed by atoms with E-state index in [9.17, 15) is 4.79 Å². The predicted molar refractivity (Wildman–Crippen MR) is 85.8 cm³/mol. The van der Waals surface area contributed by atoms with Crippen LogP contribution in [0.3, 0.4) is 0 Å². The average Bonchev–Trinajstić information content (AvgIpc) is 2.98. The minimum absolute atomic E-state index is 0.114. The van der Waals surface area contributed by atoms with Crippen LogP contribution in [-0.2, 0) is 6.54 Å². The maximum absolute atomic E-state index is 12.5. The number of nitrogens with zero attached hydrogens (tertiary/aromatic N) is 1. The van der Waals surface area contributed by atoms with Crippen molar-refractivity contribution < 1.29 is 9.21 Å². The van der Waals surface area contributed by atoms with Crippen molar-refractivity contribution in [1.82, 2.24) is 10.3 Å². The quantitative estimate of drug-likeness (QED) is 0.801. The summed E-state index contributed by atoms with van der Waals surface area (Å²) >= 11 is 0. The van der Waals surface area contributed by atoms with Gasteiger partial charge in [0.1, 0.15) is 5.76 Å². The number of fused-ring (bicyclic) bond motifs is 1. The first-order valence-corrected chi connectivity index (χ1v) is 7.24. The van der Waals surface area contributed by atoms with Crippen molar-refractivity contribution in [3.8, 4) is 0 Å². The lowest BCUT2D eigenvalue weighted by molar-refractivity contribution is 0.0949. The molecule has 3 rings (SSSR count). The highest BCUT2D eigenvalue weighted by Crippen LogP contribution is 2.23. The molecule has 4 heteroatoms. The van der Waals surface area contributed by atoms with E-state index in [0.29, 0.717) is 12.1 Å². The summed E-state index contributed by atoms with van der Waals surface area (Å²) in [4.78, 5) is 17.1. The zero-order chi connectivity index (χ0) is 15.7. The monoisotopic (exact) mass is 294 g/mol. The molecule has 1 aromatic carbocycles. The van der Waals surface area contributed by atoms with Gasteiger partial charge in [0.2, 0.25) is 0 Å². The normalized spacial score (nSPS) is 10.9. The average molecular weight is 294 g/mol. The molecule has 0 spiro atoms. The van der Waals surface area contributed by atoms with Crippen LogP contribution in [0.25, 0.3) is 10.9 Å². The van der Waals surface area contributed by atoms with Crippen molar-refractivity contribution in [3.05, 3.63) is 64.7 Å². The van der Waals surface area contributed by atoms with Gasteiger partial charge in [-0.2, -0.15) is 0 Å². The van der Waals surface area contributed by atoms with Gasteiger partial charge in [0.25, 0.3) is 5.91 Å². The lowest BCUT2D eigenvalue weighted by Gasteiger charge is -2.11. The number of hydrogen-bond acceptors (Lipinski definition) is 3. The zero-order valence-corrected chi connectivity index (χ0v) is 12.9. The van der Waals surface area contributed by atoms with Crippen LogP contribution in [0, 0.1) is 20.8 Å². The molecule has 0 aliphatic rings. The molecule has 0 aliphatic heterocycles. The summed E-state index contributed by atoms with van der Waals surface area (Å²) in [5.74, 6) is 0.618. The number of amides is 1. The highest BCUT2D eigenvalue weighted by molar-refractivity contribution is 6.07. The second kappa shape index (κ2) is 5.64. The van der Waals surface area contributed by atoms with Crippen molar-refractivity contribution in [3.63, 3.8) is 0 Å². The molecule has 0 radical (unpaired) electrons. The number of carbonyl (C=O) groups is 1. The Kier molecular flexibility index (Phi) is 3.67. The van der Waals surface area contributed by atoms with Gasteiger partial charge in [0.05, 0.1) is 23.9 Å². The van der Waals surface area contributed by atoms with E-state index in [1.807, 2.05) is 39.0 Å². The lowest BCUT2D eigenvalue weighted by Crippen LogP contribution is -2.23. The maximum atomic E-state index is 12.5. The van der Waals surface area contributed by atoms with Crippen molar-refractivity contribution in [2.24, 2.45) is 0 Å². The molecular weight excluding hydrogens is 276 g/mol. The Bertz CT molecular complexity index is 836. The molecule has 22 heavy (non-hydrogen) atoms. The van der Waals surface area contributed by atoms with Gasteiger partial charge in [-0.15, -0.1) is 0 Å². The topological polar surface area (TPSA) is 55.1 Å². The van der Waals surface area contributed by atoms with Crippen LogP contribution >= 0.6 is 0 Å². The SMILES string of the molecule is Cc1cc(C)c2nc(C)cc(C(=O)NCc3ccco3)c2c1. The highest BCUT2D eigenvalue weighted by atomic mass is 16.3. The molecule has 0 bridgehead atoms. The summed E-state index contributed by atoms with van der Waals surface area (Å²) in [5.41, 5.74) is 4.58. The Labute approximate surface area is 129 Å². The Morgan fingerprint density at radius 2 is 2.05 bits per heavy atom. The number of aryl methyl sites for hydroxylation is 3. The Balaban J connectivity index is 2.00. The van der Waals surface area contributed by atoms with Gasteiger partial charge < -0.3 is 9.73 Å². The van der Waals surface area contributed by atoms with E-state index in [1.165, 1.54) is 0 Å². The standard InChI is InChI=1S/C18H18N2O2/c1-11-7-12(2)17-15(8-11)16(9-13(3)20-17)18(21)19-10-14-5-4-6-22-14/h4-9H,10H2,1-3H3,(H,19,21). The van der Waals surface area contributed by atoms with Crippen LogP contribution in [0.15, 0.2) is 41.0 Å². The van der Waals surface area contributed by atoms with Gasteiger partial charge in [-0.25, -0.2) is 0 Å². The predicted octanol–water partition coefficient (Wildman–Crippen LogP) is 3.68. The largest absolute Gasteiger partial charge is 0.467 e. The third-order valence-corrected chi connectivity index (χ3v) is 3.62. The van der Waals surface area contributed by atoms with Gasteiger partial charge in [-0.1, -0.05) is 11.6 Å². The van der Waals surface area contributed by atoms with Crippen molar-refractivity contribution in [2.75, 3.05) is 0 Å². The molecule has 2 heterocycles. The molecule has 0 saturated heterocycles. The first-order valence-electron chi connectivity index (χ1n) is 7.24. The van der Waals surface area contributed by atoms with Crippen LogP contribution in [0.4, 0.5) is 0 Å². The minimum Gasteiger partial charge on any atom is -0.467 e. The maximum Gasteiger partial charge on any atom is 0.252 e. The van der Waals surface area contributed by atoms with Crippen LogP contribution < -0.4 is 5.32 Å². The Morgan fingerprint density at radius 1 is 1.23 bits per heavy atom. The third kappa shape index (κ3) is 2.72. The third-order valence-electron chi connectivity index (χ3n) is 3.62. The number of aromatic nitrogens is 1. The first kappa shape index (κ1) is 14.3. The van der Waals surface area contributed by atoms with Gasteiger partial charge >= 0.3 is 0 Å². The minimum atomic E-state index is -0.114. The molecule has 1 amide bonds. The lowest BCUT2D eigenvalue weighted by atomic mass is 10.0. The number of hydrogen-bond donors (Lipinski definition) is 1. The summed E-state index contributed by atoms with van der Waals surface area (Å²) in [7, 11) is 0. The Hall–Kier alpha value is -2.62. The van der Waals surface area contributed by atoms with Crippen molar-refractivity contribution in [1.29, 1.82) is 0 Å². The molecule has 4 nitrogen and oxygen atoms in total. The fourth-order valence-corrected chi connectivity index (χ4v) is 2.67. The molecule has 1 N–H and O–H groups in total. The highest BCUT2D eigenvalue weighted by Gasteiger charge is 2.14. The van der Waals surface area contributed by atoms with Gasteiger partial charge in [-0.3, -0.25) is 9.78 Å². The summed E-state index contributed by atoms with van der Waals surface area (Å²) < 4.78 is 5.24. The summed E-state index contributed by atoms with van der Waals surface area (Å²) in [6.45, 7) is 6.32. The molecule has 0 fully saturated rings. The van der Waals surface area contributed by atoms with E-state index in [2.05, 4.69) is 16.4 Å². The van der Waals surface area contributed by atoms with E-state index in [-0.39, 0.29) is 5.91 Å². The van der Waals surface area contributed by atoms with E-state index in [4.69, 9.17) is 4.42 Å². The second-order valence-electron chi connectivity index (χ2n) is 5.55. The smallest absolute Gasteiger partial charge is 0.252 e. The number of pyridine rings is 1. The summed E-state index contributed by atoms with van der Waals surface area (Å²) in [6, 6.07) is 9.57. The van der Waals surface area contributed by atoms with Crippen LogP contribution in [0.5, 0.6) is 0 Å². The molecule has 0 unspecified atom stereocenters.